The summed E-state index contributed by atoms with van der Waals surface area (Å²) in [5, 5.41) is 15.4. The maximum Gasteiger partial charge on any atom is 0.251 e. The van der Waals surface area contributed by atoms with E-state index in [9.17, 15) is 9.90 Å². The minimum atomic E-state index is -0.462. The second-order valence-corrected chi connectivity index (χ2v) is 5.14. The van der Waals surface area contributed by atoms with E-state index in [0.29, 0.717) is 16.7 Å². The molecule has 0 radical (unpaired) electrons. The van der Waals surface area contributed by atoms with Crippen LogP contribution in [0.15, 0.2) is 36.4 Å². The molecule has 0 fully saturated rings. The number of carbonyl (C=O) groups is 1. The molecule has 2 aromatic rings. The maximum absolute atomic E-state index is 12.0. The lowest BCUT2D eigenvalue weighted by Gasteiger charge is -2.17. The van der Waals surface area contributed by atoms with Crippen molar-refractivity contribution in [3.63, 3.8) is 0 Å². The minimum absolute atomic E-state index is 0.203. The average molecular weight is 321 g/mol. The number of hydrogen-bond acceptors (Lipinski definition) is 5. The van der Waals surface area contributed by atoms with E-state index in [1.54, 1.807) is 37.3 Å². The Balaban J connectivity index is 1.93. The van der Waals surface area contributed by atoms with E-state index in [4.69, 9.17) is 11.6 Å². The van der Waals surface area contributed by atoms with E-state index in [-0.39, 0.29) is 19.1 Å². The summed E-state index contributed by atoms with van der Waals surface area (Å²) in [6.45, 7) is 1.89. The molecule has 6 nitrogen and oxygen atoms in total. The van der Waals surface area contributed by atoms with Crippen LogP contribution in [0.25, 0.3) is 0 Å². The zero-order valence-corrected chi connectivity index (χ0v) is 12.8. The molecule has 0 saturated heterocycles. The number of amides is 1. The number of aliphatic hydroxyl groups is 1. The minimum Gasteiger partial charge on any atom is -0.394 e. The van der Waals surface area contributed by atoms with Crippen LogP contribution in [0, 0.1) is 6.92 Å². The third-order valence-corrected chi connectivity index (χ3v) is 3.11. The van der Waals surface area contributed by atoms with Crippen LogP contribution in [0.1, 0.15) is 16.1 Å². The molecule has 0 aliphatic carbocycles. The quantitative estimate of drug-likeness (QED) is 0.704. The van der Waals surface area contributed by atoms with Crippen LogP contribution < -0.4 is 10.6 Å². The highest BCUT2D eigenvalue weighted by Gasteiger charge is 2.13. The molecule has 1 amide bonds. The Bertz CT molecular complexity index is 616. The molecule has 0 aliphatic rings. The van der Waals surface area contributed by atoms with E-state index in [1.165, 1.54) is 0 Å². The molecule has 3 N–H and O–H groups in total. The lowest BCUT2D eigenvalue weighted by Crippen LogP contribution is -2.42. The molecular weight excluding hydrogens is 304 g/mol. The highest BCUT2D eigenvalue weighted by atomic mass is 35.5. The Hall–Kier alpha value is -2.18. The molecule has 7 heteroatoms. The first-order chi connectivity index (χ1) is 10.6. The van der Waals surface area contributed by atoms with Gasteiger partial charge in [0.1, 0.15) is 5.15 Å². The number of benzene rings is 1. The molecular formula is C15H17ClN4O2. The van der Waals surface area contributed by atoms with Crippen molar-refractivity contribution in [1.82, 2.24) is 15.3 Å². The number of rotatable bonds is 6. The van der Waals surface area contributed by atoms with Gasteiger partial charge in [0.2, 0.25) is 5.95 Å². The van der Waals surface area contributed by atoms with E-state index in [2.05, 4.69) is 20.6 Å². The van der Waals surface area contributed by atoms with Crippen LogP contribution in [0.4, 0.5) is 5.95 Å². The van der Waals surface area contributed by atoms with Gasteiger partial charge in [0.15, 0.2) is 0 Å². The lowest BCUT2D eigenvalue weighted by molar-refractivity contribution is 0.0920. The van der Waals surface area contributed by atoms with Gasteiger partial charge >= 0.3 is 0 Å². The largest absolute Gasteiger partial charge is 0.394 e. The van der Waals surface area contributed by atoms with Gasteiger partial charge in [-0.2, -0.15) is 0 Å². The summed E-state index contributed by atoms with van der Waals surface area (Å²) in [5.41, 5.74) is 1.27. The van der Waals surface area contributed by atoms with Gasteiger partial charge in [-0.25, -0.2) is 9.97 Å². The number of halogens is 1. The molecule has 2 rings (SSSR count). The number of carbonyl (C=O) groups excluding carboxylic acids is 1. The van der Waals surface area contributed by atoms with Crippen molar-refractivity contribution in [2.24, 2.45) is 0 Å². The lowest BCUT2D eigenvalue weighted by atomic mass is 10.2. The predicted octanol–water partition coefficient (Wildman–Crippen LogP) is 1.64. The van der Waals surface area contributed by atoms with Crippen molar-refractivity contribution in [2.75, 3.05) is 18.5 Å². The van der Waals surface area contributed by atoms with Crippen LogP contribution in [0.2, 0.25) is 5.15 Å². The zero-order valence-electron chi connectivity index (χ0n) is 12.1. The second kappa shape index (κ2) is 7.72. The van der Waals surface area contributed by atoms with E-state index in [1.807, 2.05) is 6.07 Å². The van der Waals surface area contributed by atoms with Gasteiger partial charge in [-0.15, -0.1) is 0 Å². The van der Waals surface area contributed by atoms with Gasteiger partial charge < -0.3 is 15.7 Å². The summed E-state index contributed by atoms with van der Waals surface area (Å²) in [4.78, 5) is 20.2. The summed E-state index contributed by atoms with van der Waals surface area (Å²) in [5.74, 6) is 0.113. The van der Waals surface area contributed by atoms with E-state index < -0.39 is 6.04 Å². The monoisotopic (exact) mass is 320 g/mol. The first-order valence-electron chi connectivity index (χ1n) is 6.80. The number of anilines is 1. The molecule has 0 saturated carbocycles. The Morgan fingerprint density at radius 3 is 2.68 bits per heavy atom. The normalized spacial score (nSPS) is 11.8. The predicted molar refractivity (Wildman–Crippen MR) is 85.1 cm³/mol. The van der Waals surface area contributed by atoms with Gasteiger partial charge in [-0.1, -0.05) is 29.8 Å². The summed E-state index contributed by atoms with van der Waals surface area (Å²) >= 11 is 5.85. The van der Waals surface area contributed by atoms with Gasteiger partial charge in [-0.05, 0) is 25.1 Å². The third-order valence-electron chi connectivity index (χ3n) is 2.92. The van der Waals surface area contributed by atoms with Gasteiger partial charge in [0.05, 0.1) is 12.6 Å². The van der Waals surface area contributed by atoms with E-state index >= 15 is 0 Å². The van der Waals surface area contributed by atoms with Crippen LogP contribution in [0.5, 0.6) is 0 Å². The fourth-order valence-electron chi connectivity index (χ4n) is 1.84. The van der Waals surface area contributed by atoms with Crippen molar-refractivity contribution in [3.05, 3.63) is 52.8 Å². The fourth-order valence-corrected chi connectivity index (χ4v) is 2.08. The molecule has 1 atom stereocenters. The topological polar surface area (TPSA) is 87.1 Å². The van der Waals surface area contributed by atoms with Crippen LogP contribution in [-0.4, -0.2) is 40.2 Å². The summed E-state index contributed by atoms with van der Waals surface area (Å²) in [6, 6.07) is 10.00. The van der Waals surface area contributed by atoms with Crippen molar-refractivity contribution in [1.29, 1.82) is 0 Å². The molecule has 1 aromatic carbocycles. The second-order valence-electron chi connectivity index (χ2n) is 4.76. The number of hydrogen-bond donors (Lipinski definition) is 3. The fraction of sp³-hybridized carbons (Fsp3) is 0.267. The standard InChI is InChI=1S/C15H17ClN4O2/c1-10-7-13(16)20-15(18-10)17-8-12(9-21)19-14(22)11-5-3-2-4-6-11/h2-7,12,21H,8-9H2,1H3,(H,19,22)(H,17,18,20). The smallest absolute Gasteiger partial charge is 0.251 e. The molecule has 1 heterocycles. The van der Waals surface area contributed by atoms with Crippen molar-refractivity contribution in [3.8, 4) is 0 Å². The van der Waals surface area contributed by atoms with Crippen molar-refractivity contribution in [2.45, 2.75) is 13.0 Å². The van der Waals surface area contributed by atoms with E-state index in [0.717, 1.165) is 5.69 Å². The number of nitrogens with zero attached hydrogens (tertiary/aromatic N) is 2. The molecule has 1 aromatic heterocycles. The van der Waals surface area contributed by atoms with Crippen LogP contribution in [0.3, 0.4) is 0 Å². The van der Waals surface area contributed by atoms with Crippen LogP contribution in [-0.2, 0) is 0 Å². The van der Waals surface area contributed by atoms with Gasteiger partial charge in [0, 0.05) is 17.8 Å². The highest BCUT2D eigenvalue weighted by molar-refractivity contribution is 6.29. The zero-order chi connectivity index (χ0) is 15.9. The Labute approximate surface area is 133 Å². The Kier molecular flexibility index (Phi) is 5.68. The maximum atomic E-state index is 12.0. The average Bonchev–Trinajstić information content (AvgIpc) is 2.51. The first-order valence-corrected chi connectivity index (χ1v) is 7.18. The number of aliphatic hydroxyl groups excluding tert-OH is 1. The third kappa shape index (κ3) is 4.68. The molecule has 0 aliphatic heterocycles. The van der Waals surface area contributed by atoms with Gasteiger partial charge in [-0.3, -0.25) is 4.79 Å². The molecule has 0 bridgehead atoms. The highest BCUT2D eigenvalue weighted by Crippen LogP contribution is 2.09. The number of nitrogens with one attached hydrogen (secondary N) is 2. The van der Waals surface area contributed by atoms with Crippen LogP contribution >= 0.6 is 11.6 Å². The number of aromatic nitrogens is 2. The molecule has 0 spiro atoms. The van der Waals surface area contributed by atoms with Gasteiger partial charge in [0.25, 0.3) is 5.91 Å². The molecule has 22 heavy (non-hydrogen) atoms. The first kappa shape index (κ1) is 16.2. The Morgan fingerprint density at radius 2 is 2.05 bits per heavy atom. The van der Waals surface area contributed by atoms with Crippen molar-refractivity contribution >= 4 is 23.5 Å². The summed E-state index contributed by atoms with van der Waals surface area (Å²) < 4.78 is 0. The summed E-state index contributed by atoms with van der Waals surface area (Å²) in [6.07, 6.45) is 0. The molecule has 1 unspecified atom stereocenters. The summed E-state index contributed by atoms with van der Waals surface area (Å²) in [7, 11) is 0. The number of aryl methyl sites for hydroxylation is 1. The Morgan fingerprint density at radius 1 is 1.32 bits per heavy atom. The van der Waals surface area contributed by atoms with Crippen molar-refractivity contribution < 1.29 is 9.90 Å². The molecule has 116 valence electrons. The SMILES string of the molecule is Cc1cc(Cl)nc(NCC(CO)NC(=O)c2ccccc2)n1.